The van der Waals surface area contributed by atoms with Crippen molar-refractivity contribution in [1.82, 2.24) is 9.97 Å². The lowest BCUT2D eigenvalue weighted by molar-refractivity contribution is 1.04. The van der Waals surface area contributed by atoms with Crippen LogP contribution in [0.1, 0.15) is 0 Å². The first kappa shape index (κ1) is 9.23. The molecule has 0 saturated carbocycles. The van der Waals surface area contributed by atoms with Crippen LogP contribution < -0.4 is 11.2 Å². The third kappa shape index (κ3) is 1.78. The molecule has 0 aliphatic heterocycles. The minimum absolute atomic E-state index is 0.425. The molecule has 2 aromatic heterocycles. The van der Waals surface area contributed by atoms with Crippen LogP contribution in [0.4, 0.5) is 0 Å². The van der Waals surface area contributed by atoms with E-state index in [-0.39, 0.29) is 0 Å². The van der Waals surface area contributed by atoms with Crippen LogP contribution in [-0.2, 0) is 0 Å². The lowest BCUT2D eigenvalue weighted by atomic mass is 10.2. The van der Waals surface area contributed by atoms with Crippen LogP contribution in [0.15, 0.2) is 27.1 Å². The van der Waals surface area contributed by atoms with Gasteiger partial charge < -0.3 is 4.98 Å². The van der Waals surface area contributed by atoms with E-state index in [9.17, 15) is 9.59 Å². The Labute approximate surface area is 87.2 Å². The fourth-order valence-electron chi connectivity index (χ4n) is 1.08. The summed E-state index contributed by atoms with van der Waals surface area (Å²) in [5.41, 5.74) is 0.269. The molecular formula is C8H5ClN2O2S. The topological polar surface area (TPSA) is 65.7 Å². The molecule has 0 unspecified atom stereocenters. The summed E-state index contributed by atoms with van der Waals surface area (Å²) < 4.78 is 0.612. The molecule has 0 saturated heterocycles. The Kier molecular flexibility index (Phi) is 2.26. The van der Waals surface area contributed by atoms with Crippen molar-refractivity contribution in [2.24, 2.45) is 0 Å². The molecule has 0 spiro atoms. The number of thiophene rings is 1. The largest absolute Gasteiger partial charge is 0.326 e. The Hall–Kier alpha value is -1.33. The normalized spacial score (nSPS) is 10.4. The third-order valence-electron chi connectivity index (χ3n) is 1.64. The zero-order chi connectivity index (χ0) is 10.1. The lowest BCUT2D eigenvalue weighted by Crippen LogP contribution is -2.21. The highest BCUT2D eigenvalue weighted by molar-refractivity contribution is 7.14. The number of H-pyrrole nitrogens is 2. The summed E-state index contributed by atoms with van der Waals surface area (Å²) in [6.45, 7) is 0. The molecule has 4 nitrogen and oxygen atoms in total. The van der Waals surface area contributed by atoms with E-state index in [1.165, 1.54) is 17.4 Å². The molecule has 0 bridgehead atoms. The van der Waals surface area contributed by atoms with E-state index in [0.717, 1.165) is 5.56 Å². The highest BCUT2D eigenvalue weighted by Crippen LogP contribution is 2.25. The second kappa shape index (κ2) is 3.43. The Morgan fingerprint density at radius 2 is 2.00 bits per heavy atom. The molecule has 2 N–H and O–H groups in total. The summed E-state index contributed by atoms with van der Waals surface area (Å²) >= 11 is 7.07. The van der Waals surface area contributed by atoms with Gasteiger partial charge in [0, 0.05) is 17.0 Å². The van der Waals surface area contributed by atoms with Crippen molar-refractivity contribution >= 4 is 22.9 Å². The minimum atomic E-state index is -0.519. The van der Waals surface area contributed by atoms with Crippen molar-refractivity contribution in [3.8, 4) is 11.3 Å². The molecule has 0 radical (unpaired) electrons. The van der Waals surface area contributed by atoms with Crippen LogP contribution in [-0.4, -0.2) is 9.97 Å². The summed E-state index contributed by atoms with van der Waals surface area (Å²) in [5, 5.41) is 1.77. The Morgan fingerprint density at radius 1 is 1.21 bits per heavy atom. The molecule has 6 heteroatoms. The molecule has 0 aliphatic carbocycles. The van der Waals surface area contributed by atoms with E-state index < -0.39 is 11.2 Å². The van der Waals surface area contributed by atoms with Crippen molar-refractivity contribution < 1.29 is 0 Å². The van der Waals surface area contributed by atoms with Gasteiger partial charge in [-0.05, 0) is 6.07 Å². The molecule has 0 atom stereocenters. The molecular weight excluding hydrogens is 224 g/mol. The minimum Gasteiger partial charge on any atom is -0.307 e. The average Bonchev–Trinajstić information content (AvgIpc) is 2.50. The molecule has 0 aliphatic rings. The molecule has 72 valence electrons. The van der Waals surface area contributed by atoms with E-state index in [2.05, 4.69) is 9.97 Å². The first-order chi connectivity index (χ1) is 6.65. The highest BCUT2D eigenvalue weighted by Gasteiger charge is 2.02. The van der Waals surface area contributed by atoms with Gasteiger partial charge in [-0.25, -0.2) is 4.79 Å². The van der Waals surface area contributed by atoms with Gasteiger partial charge in [0.25, 0.3) is 5.56 Å². The summed E-state index contributed by atoms with van der Waals surface area (Å²) in [5.74, 6) is 0. The zero-order valence-electron chi connectivity index (χ0n) is 6.83. The molecule has 0 fully saturated rings. The maximum atomic E-state index is 11.0. The smallest absolute Gasteiger partial charge is 0.307 e. The van der Waals surface area contributed by atoms with Gasteiger partial charge in [-0.3, -0.25) is 9.78 Å². The second-order valence-corrected chi connectivity index (χ2v) is 4.18. The predicted octanol–water partition coefficient (Wildman–Crippen LogP) is 1.45. The number of rotatable bonds is 1. The van der Waals surface area contributed by atoms with Crippen LogP contribution in [0.25, 0.3) is 11.3 Å². The number of aromatic amines is 2. The SMILES string of the molecule is O=c1cc(-c2csc(Cl)c2)[nH]c(=O)[nH]1. The van der Waals surface area contributed by atoms with Crippen molar-refractivity contribution in [3.63, 3.8) is 0 Å². The Bertz CT molecular complexity index is 541. The van der Waals surface area contributed by atoms with Gasteiger partial charge in [0.1, 0.15) is 0 Å². The molecule has 14 heavy (non-hydrogen) atoms. The number of nitrogens with one attached hydrogen (secondary N) is 2. The van der Waals surface area contributed by atoms with Crippen LogP contribution in [0.5, 0.6) is 0 Å². The maximum absolute atomic E-state index is 11.0. The monoisotopic (exact) mass is 228 g/mol. The van der Waals surface area contributed by atoms with Gasteiger partial charge in [-0.1, -0.05) is 11.6 Å². The van der Waals surface area contributed by atoms with E-state index in [1.807, 2.05) is 0 Å². The Morgan fingerprint density at radius 3 is 2.57 bits per heavy atom. The average molecular weight is 229 g/mol. The second-order valence-electron chi connectivity index (χ2n) is 2.64. The van der Waals surface area contributed by atoms with E-state index in [0.29, 0.717) is 10.0 Å². The Balaban J connectivity index is 2.62. The first-order valence-electron chi connectivity index (χ1n) is 3.73. The van der Waals surface area contributed by atoms with Gasteiger partial charge in [0.15, 0.2) is 0 Å². The third-order valence-corrected chi connectivity index (χ3v) is 2.73. The van der Waals surface area contributed by atoms with Crippen LogP contribution in [0.2, 0.25) is 4.34 Å². The van der Waals surface area contributed by atoms with Gasteiger partial charge in [0.2, 0.25) is 0 Å². The standard InChI is InChI=1S/C8H5ClN2O2S/c9-6-1-4(3-14-6)5-2-7(12)11-8(13)10-5/h1-3H,(H2,10,11,12,13). The van der Waals surface area contributed by atoms with Crippen molar-refractivity contribution in [1.29, 1.82) is 0 Å². The molecule has 2 aromatic rings. The molecule has 0 amide bonds. The quantitative estimate of drug-likeness (QED) is 0.776. The van der Waals surface area contributed by atoms with Gasteiger partial charge in [0.05, 0.1) is 10.0 Å². The van der Waals surface area contributed by atoms with Gasteiger partial charge in [-0.2, -0.15) is 0 Å². The highest BCUT2D eigenvalue weighted by atomic mass is 35.5. The van der Waals surface area contributed by atoms with Crippen molar-refractivity contribution in [3.05, 3.63) is 42.7 Å². The number of halogens is 1. The van der Waals surface area contributed by atoms with E-state index in [1.54, 1.807) is 11.4 Å². The van der Waals surface area contributed by atoms with Crippen LogP contribution in [0, 0.1) is 0 Å². The molecule has 0 aromatic carbocycles. The van der Waals surface area contributed by atoms with Gasteiger partial charge >= 0.3 is 5.69 Å². The lowest BCUT2D eigenvalue weighted by Gasteiger charge is -1.94. The van der Waals surface area contributed by atoms with E-state index >= 15 is 0 Å². The molecule has 2 heterocycles. The number of aromatic nitrogens is 2. The first-order valence-corrected chi connectivity index (χ1v) is 4.99. The molecule has 2 rings (SSSR count). The summed E-state index contributed by atoms with van der Waals surface area (Å²) in [6, 6.07) is 3.01. The summed E-state index contributed by atoms with van der Waals surface area (Å²) in [7, 11) is 0. The summed E-state index contributed by atoms with van der Waals surface area (Å²) in [4.78, 5) is 26.5. The fraction of sp³-hybridized carbons (Fsp3) is 0. The zero-order valence-corrected chi connectivity index (χ0v) is 8.41. The van der Waals surface area contributed by atoms with Crippen LogP contribution in [0.3, 0.4) is 0 Å². The van der Waals surface area contributed by atoms with Crippen molar-refractivity contribution in [2.75, 3.05) is 0 Å². The maximum Gasteiger partial charge on any atom is 0.326 e. The number of hydrogen-bond donors (Lipinski definition) is 2. The summed E-state index contributed by atoms with van der Waals surface area (Å²) in [6.07, 6.45) is 0. The van der Waals surface area contributed by atoms with E-state index in [4.69, 9.17) is 11.6 Å². The van der Waals surface area contributed by atoms with Crippen LogP contribution >= 0.6 is 22.9 Å². The van der Waals surface area contributed by atoms with Crippen molar-refractivity contribution in [2.45, 2.75) is 0 Å². The predicted molar refractivity (Wildman–Crippen MR) is 56.0 cm³/mol. The van der Waals surface area contributed by atoms with Gasteiger partial charge in [-0.15, -0.1) is 11.3 Å². The fourth-order valence-corrected chi connectivity index (χ4v) is 1.96. The number of hydrogen-bond acceptors (Lipinski definition) is 3.